The van der Waals surface area contributed by atoms with Crippen LogP contribution in [0.3, 0.4) is 0 Å². The van der Waals surface area contributed by atoms with Crippen molar-refractivity contribution in [1.29, 1.82) is 0 Å². The van der Waals surface area contributed by atoms with Gasteiger partial charge in [0.1, 0.15) is 0 Å². The Balaban J connectivity index is 2.50. The molecule has 1 aromatic carbocycles. The molecule has 0 fully saturated rings. The first kappa shape index (κ1) is 24.4. The van der Waals surface area contributed by atoms with Crippen molar-refractivity contribution in [1.82, 2.24) is 0 Å². The molecule has 0 heterocycles. The van der Waals surface area contributed by atoms with Gasteiger partial charge in [0.2, 0.25) is 9.84 Å². The summed E-state index contributed by atoms with van der Waals surface area (Å²) >= 11 is 0. The molecule has 28 heavy (non-hydrogen) atoms. The molecule has 0 bridgehead atoms. The van der Waals surface area contributed by atoms with Crippen LogP contribution < -0.4 is 0 Å². The summed E-state index contributed by atoms with van der Waals surface area (Å²) in [7, 11) is -5.38. The summed E-state index contributed by atoms with van der Waals surface area (Å²) in [6.07, 6.45) is 4.71. The van der Waals surface area contributed by atoms with Gasteiger partial charge in [0.25, 0.3) is 0 Å². The SMILES string of the molecule is C=CC(CCC(=C)CCC#CS(=O)(=O)c1ccccc1)O[Si](C)(C)C(C)(C)C. The molecule has 0 saturated carbocycles. The van der Waals surface area contributed by atoms with Gasteiger partial charge in [-0.3, -0.25) is 0 Å². The van der Waals surface area contributed by atoms with Gasteiger partial charge in [-0.25, -0.2) is 8.42 Å². The third kappa shape index (κ3) is 7.79. The molecule has 0 aromatic heterocycles. The molecule has 0 amide bonds. The molecule has 0 N–H and O–H groups in total. The molecule has 3 nitrogen and oxygen atoms in total. The fourth-order valence-electron chi connectivity index (χ4n) is 2.30. The first-order chi connectivity index (χ1) is 12.9. The molecule has 1 unspecified atom stereocenters. The lowest BCUT2D eigenvalue weighted by Crippen LogP contribution is -2.43. The minimum absolute atomic E-state index is 0.0159. The molecule has 154 valence electrons. The van der Waals surface area contributed by atoms with E-state index < -0.39 is 18.2 Å². The first-order valence-electron chi connectivity index (χ1n) is 9.66. The lowest BCUT2D eigenvalue weighted by atomic mass is 10.0. The molecule has 5 heteroatoms. The highest BCUT2D eigenvalue weighted by atomic mass is 32.2. The monoisotopic (exact) mass is 418 g/mol. The average molecular weight is 419 g/mol. The van der Waals surface area contributed by atoms with E-state index in [1.807, 2.05) is 6.08 Å². The van der Waals surface area contributed by atoms with Gasteiger partial charge in [-0.15, -0.1) is 6.58 Å². The molecule has 1 atom stereocenters. The van der Waals surface area contributed by atoms with E-state index in [9.17, 15) is 8.42 Å². The van der Waals surface area contributed by atoms with Crippen molar-refractivity contribution in [2.45, 2.75) is 75.6 Å². The zero-order valence-corrected chi connectivity index (χ0v) is 19.7. The number of hydrogen-bond acceptors (Lipinski definition) is 3. The zero-order chi connectivity index (χ0) is 21.4. The Labute approximate surface area is 172 Å². The van der Waals surface area contributed by atoms with Crippen molar-refractivity contribution in [3.8, 4) is 11.2 Å². The van der Waals surface area contributed by atoms with Gasteiger partial charge in [0.15, 0.2) is 8.32 Å². The smallest absolute Gasteiger partial charge is 0.245 e. The summed E-state index contributed by atoms with van der Waals surface area (Å²) in [5.41, 5.74) is 1.05. The number of sulfone groups is 1. The van der Waals surface area contributed by atoms with Crippen molar-refractivity contribution in [3.05, 3.63) is 55.1 Å². The number of hydrogen-bond donors (Lipinski definition) is 0. The largest absolute Gasteiger partial charge is 0.411 e. The highest BCUT2D eigenvalue weighted by Gasteiger charge is 2.38. The molecule has 1 aromatic rings. The fourth-order valence-corrected chi connectivity index (χ4v) is 4.55. The molecule has 0 radical (unpaired) electrons. The standard InChI is InChI=1S/C23H34O3SSi/c1-8-21(26-28(6,7)23(3,4)5)18-17-20(2)14-12-13-19-27(24,25)22-15-10-9-11-16-22/h8-11,15-16,21H,1-2,12,14,17-18H2,3-7H3. The van der Waals surface area contributed by atoms with Crippen LogP contribution in [0, 0.1) is 11.2 Å². The second-order valence-electron chi connectivity index (χ2n) is 8.54. The van der Waals surface area contributed by atoms with Crippen LogP contribution in [0.4, 0.5) is 0 Å². The van der Waals surface area contributed by atoms with E-state index in [4.69, 9.17) is 4.43 Å². The molecule has 0 aliphatic rings. The van der Waals surface area contributed by atoms with Gasteiger partial charge in [0.05, 0.1) is 11.0 Å². The van der Waals surface area contributed by atoms with Crippen molar-refractivity contribution in [3.63, 3.8) is 0 Å². The molecule has 0 saturated heterocycles. The van der Waals surface area contributed by atoms with Crippen LogP contribution in [-0.4, -0.2) is 22.8 Å². The van der Waals surface area contributed by atoms with E-state index >= 15 is 0 Å². The van der Waals surface area contributed by atoms with E-state index in [-0.39, 0.29) is 16.0 Å². The van der Waals surface area contributed by atoms with E-state index in [0.29, 0.717) is 12.8 Å². The van der Waals surface area contributed by atoms with Crippen LogP contribution in [0.15, 0.2) is 60.0 Å². The van der Waals surface area contributed by atoms with Crippen molar-refractivity contribution in [2.24, 2.45) is 0 Å². The van der Waals surface area contributed by atoms with E-state index in [0.717, 1.165) is 18.4 Å². The molecule has 0 spiro atoms. The molecule has 1 rings (SSSR count). The molecular weight excluding hydrogens is 384 g/mol. The highest BCUT2D eigenvalue weighted by Crippen LogP contribution is 2.38. The van der Waals surface area contributed by atoms with Crippen LogP contribution in [0.1, 0.15) is 46.5 Å². The third-order valence-corrected chi connectivity index (χ3v) is 11.0. The minimum atomic E-state index is -3.54. The first-order valence-corrected chi connectivity index (χ1v) is 14.0. The van der Waals surface area contributed by atoms with Gasteiger partial charge in [-0.1, -0.05) is 63.1 Å². The molecule has 0 aliphatic carbocycles. The summed E-state index contributed by atoms with van der Waals surface area (Å²) in [6.45, 7) is 19.2. The summed E-state index contributed by atoms with van der Waals surface area (Å²) in [6, 6.07) is 8.28. The Morgan fingerprint density at radius 1 is 1.21 bits per heavy atom. The summed E-state index contributed by atoms with van der Waals surface area (Å²) in [5, 5.41) is 2.56. The van der Waals surface area contributed by atoms with Gasteiger partial charge >= 0.3 is 0 Å². The van der Waals surface area contributed by atoms with Gasteiger partial charge in [0, 0.05) is 11.7 Å². The second-order valence-corrected chi connectivity index (χ2v) is 15.0. The highest BCUT2D eigenvalue weighted by molar-refractivity contribution is 7.96. The Bertz CT molecular complexity index is 822. The average Bonchev–Trinajstić information content (AvgIpc) is 2.62. The third-order valence-electron chi connectivity index (χ3n) is 5.16. The summed E-state index contributed by atoms with van der Waals surface area (Å²) in [5.74, 6) is 2.77. The maximum absolute atomic E-state index is 12.1. The van der Waals surface area contributed by atoms with Gasteiger partial charge < -0.3 is 4.43 Å². The van der Waals surface area contributed by atoms with Crippen LogP contribution >= 0.6 is 0 Å². The molecular formula is C23H34O3SSi. The van der Waals surface area contributed by atoms with Crippen LogP contribution in [0.25, 0.3) is 0 Å². The Hall–Kier alpha value is -1.61. The van der Waals surface area contributed by atoms with Gasteiger partial charge in [-0.05, 0) is 49.5 Å². The van der Waals surface area contributed by atoms with Crippen molar-refractivity contribution >= 4 is 18.2 Å². The Kier molecular flexibility index (Phi) is 8.94. The molecule has 0 aliphatic heterocycles. The lowest BCUT2D eigenvalue weighted by Gasteiger charge is -2.38. The van der Waals surface area contributed by atoms with Crippen molar-refractivity contribution < 1.29 is 12.8 Å². The predicted octanol–water partition coefficient (Wildman–Crippen LogP) is 6.11. The summed E-state index contributed by atoms with van der Waals surface area (Å²) < 4.78 is 30.6. The maximum Gasteiger partial charge on any atom is 0.245 e. The lowest BCUT2D eigenvalue weighted by molar-refractivity contribution is 0.215. The maximum atomic E-state index is 12.1. The normalized spacial score (nSPS) is 13.3. The Morgan fingerprint density at radius 2 is 1.82 bits per heavy atom. The Morgan fingerprint density at radius 3 is 2.36 bits per heavy atom. The number of benzene rings is 1. The zero-order valence-electron chi connectivity index (χ0n) is 17.9. The minimum Gasteiger partial charge on any atom is -0.411 e. The number of rotatable bonds is 9. The quantitative estimate of drug-likeness (QED) is 0.210. The van der Waals surface area contributed by atoms with Gasteiger partial charge in [-0.2, -0.15) is 0 Å². The van der Waals surface area contributed by atoms with Crippen LogP contribution in [-0.2, 0) is 14.3 Å². The van der Waals surface area contributed by atoms with E-state index in [1.54, 1.807) is 30.3 Å². The van der Waals surface area contributed by atoms with Crippen molar-refractivity contribution in [2.75, 3.05) is 0 Å². The van der Waals surface area contributed by atoms with E-state index in [1.165, 1.54) is 0 Å². The fraction of sp³-hybridized carbons (Fsp3) is 0.478. The van der Waals surface area contributed by atoms with E-state index in [2.05, 4.69) is 58.2 Å². The predicted molar refractivity (Wildman–Crippen MR) is 121 cm³/mol. The number of allylic oxidation sites excluding steroid dienone is 1. The van der Waals surface area contributed by atoms with Crippen LogP contribution in [0.5, 0.6) is 0 Å². The topological polar surface area (TPSA) is 43.4 Å². The second kappa shape index (κ2) is 10.2. The summed E-state index contributed by atoms with van der Waals surface area (Å²) in [4.78, 5) is 0.234. The van der Waals surface area contributed by atoms with Crippen LogP contribution in [0.2, 0.25) is 18.1 Å².